The highest BCUT2D eigenvalue weighted by Gasteiger charge is 2.18. The van der Waals surface area contributed by atoms with Crippen molar-refractivity contribution in [3.8, 4) is 11.4 Å². The number of aromatic amines is 1. The Morgan fingerprint density at radius 1 is 1.00 bits per heavy atom. The summed E-state index contributed by atoms with van der Waals surface area (Å²) in [5.41, 5.74) is 6.32. The van der Waals surface area contributed by atoms with Crippen LogP contribution in [0, 0.1) is 0 Å². The minimum atomic E-state index is -0.0896. The molecule has 178 valence electrons. The minimum Gasteiger partial charge on any atom is -0.378 e. The molecular formula is C27H34N6O. The van der Waals surface area contributed by atoms with Crippen LogP contribution in [0.2, 0.25) is 0 Å². The molecule has 0 aliphatic carbocycles. The molecule has 2 aromatic heterocycles. The number of nitrogens with zero attached hydrogens (tertiary/aromatic N) is 5. The molecule has 1 saturated heterocycles. The number of aryl methyl sites for hydroxylation is 1. The van der Waals surface area contributed by atoms with Crippen LogP contribution in [0.3, 0.4) is 0 Å². The lowest BCUT2D eigenvalue weighted by Gasteiger charge is -2.17. The maximum atomic E-state index is 12.6. The number of benzene rings is 2. The van der Waals surface area contributed by atoms with E-state index in [0.29, 0.717) is 12.1 Å². The number of imidazole rings is 1. The summed E-state index contributed by atoms with van der Waals surface area (Å²) < 4.78 is 2.33. The molecule has 1 N–H and O–H groups in total. The van der Waals surface area contributed by atoms with Crippen molar-refractivity contribution in [1.82, 2.24) is 24.4 Å². The number of hydrogen-bond donors (Lipinski definition) is 1. The molecule has 4 aromatic rings. The van der Waals surface area contributed by atoms with E-state index in [1.807, 2.05) is 20.2 Å². The van der Waals surface area contributed by atoms with Crippen LogP contribution in [0.1, 0.15) is 38.3 Å². The third-order valence-electron chi connectivity index (χ3n) is 6.88. The number of anilines is 1. The van der Waals surface area contributed by atoms with Gasteiger partial charge in [0.2, 0.25) is 0 Å². The van der Waals surface area contributed by atoms with Crippen molar-refractivity contribution in [3.63, 3.8) is 0 Å². The summed E-state index contributed by atoms with van der Waals surface area (Å²) in [4.78, 5) is 30.0. The molecule has 0 bridgehead atoms. The normalized spacial score (nSPS) is 14.4. The van der Waals surface area contributed by atoms with Crippen molar-refractivity contribution < 1.29 is 0 Å². The second-order valence-corrected chi connectivity index (χ2v) is 9.55. The molecule has 0 spiro atoms. The zero-order chi connectivity index (χ0) is 23.7. The number of nitrogens with one attached hydrogen (secondary N) is 1. The van der Waals surface area contributed by atoms with Crippen molar-refractivity contribution in [1.29, 1.82) is 0 Å². The van der Waals surface area contributed by atoms with Crippen LogP contribution in [-0.4, -0.2) is 58.1 Å². The van der Waals surface area contributed by atoms with Gasteiger partial charge in [0.1, 0.15) is 11.5 Å². The number of hydrogen-bond acceptors (Lipinski definition) is 5. The third-order valence-corrected chi connectivity index (χ3v) is 6.88. The van der Waals surface area contributed by atoms with Gasteiger partial charge in [0.15, 0.2) is 0 Å². The first-order valence-electron chi connectivity index (χ1n) is 12.5. The average molecular weight is 459 g/mol. The molecule has 7 heteroatoms. The Morgan fingerprint density at radius 2 is 1.76 bits per heavy atom. The van der Waals surface area contributed by atoms with Gasteiger partial charge in [0, 0.05) is 38.4 Å². The Labute approximate surface area is 200 Å². The van der Waals surface area contributed by atoms with E-state index in [4.69, 9.17) is 9.97 Å². The van der Waals surface area contributed by atoms with Gasteiger partial charge in [0.05, 0.1) is 22.1 Å². The number of rotatable bonds is 8. The standard InChI is InChI=1S/C27H34N6O/c1-4-5-8-21-27(34)30-22-17-24-25(18-23(22)28-21)33(16-15-32-13-6-7-14-32)26(29-24)19-9-11-20(12-10-19)31(2)3/h9-12,17-18H,4-8,13-16H2,1-3H3,(H,30,34). The Balaban J connectivity index is 1.61. The van der Waals surface area contributed by atoms with Gasteiger partial charge in [-0.15, -0.1) is 0 Å². The molecular weight excluding hydrogens is 424 g/mol. The van der Waals surface area contributed by atoms with E-state index in [-0.39, 0.29) is 5.56 Å². The summed E-state index contributed by atoms with van der Waals surface area (Å²) in [6.45, 7) is 6.36. The van der Waals surface area contributed by atoms with Crippen LogP contribution in [0.4, 0.5) is 5.69 Å². The third kappa shape index (κ3) is 4.44. The van der Waals surface area contributed by atoms with Gasteiger partial charge in [-0.1, -0.05) is 13.3 Å². The molecule has 0 radical (unpaired) electrons. The van der Waals surface area contributed by atoms with Gasteiger partial charge in [0.25, 0.3) is 5.56 Å². The van der Waals surface area contributed by atoms with E-state index in [2.05, 4.69) is 56.6 Å². The zero-order valence-electron chi connectivity index (χ0n) is 20.5. The molecule has 7 nitrogen and oxygen atoms in total. The van der Waals surface area contributed by atoms with E-state index >= 15 is 0 Å². The fourth-order valence-corrected chi connectivity index (χ4v) is 4.86. The fourth-order valence-electron chi connectivity index (χ4n) is 4.86. The van der Waals surface area contributed by atoms with Gasteiger partial charge < -0.3 is 19.4 Å². The van der Waals surface area contributed by atoms with Crippen molar-refractivity contribution in [2.24, 2.45) is 0 Å². The minimum absolute atomic E-state index is 0.0896. The maximum Gasteiger partial charge on any atom is 0.270 e. The Morgan fingerprint density at radius 3 is 2.47 bits per heavy atom. The lowest BCUT2D eigenvalue weighted by Crippen LogP contribution is -2.24. The Bertz CT molecular complexity index is 1350. The maximum absolute atomic E-state index is 12.6. The Kier molecular flexibility index (Phi) is 6.37. The molecule has 0 atom stereocenters. The van der Waals surface area contributed by atoms with E-state index in [0.717, 1.165) is 65.1 Å². The zero-order valence-corrected chi connectivity index (χ0v) is 20.5. The first-order chi connectivity index (χ1) is 16.5. The monoisotopic (exact) mass is 458 g/mol. The molecule has 0 amide bonds. The van der Waals surface area contributed by atoms with Gasteiger partial charge >= 0.3 is 0 Å². The van der Waals surface area contributed by atoms with Crippen LogP contribution in [0.15, 0.2) is 41.2 Å². The number of likely N-dealkylation sites (tertiary alicyclic amines) is 1. The highest BCUT2D eigenvalue weighted by molar-refractivity contribution is 5.93. The Hall–Kier alpha value is -3.19. The van der Waals surface area contributed by atoms with Gasteiger partial charge in [-0.3, -0.25) is 4.79 Å². The predicted octanol–water partition coefficient (Wildman–Crippen LogP) is 4.44. The van der Waals surface area contributed by atoms with Crippen molar-refractivity contribution in [2.75, 3.05) is 38.6 Å². The second-order valence-electron chi connectivity index (χ2n) is 9.55. The number of unbranched alkanes of at least 4 members (excludes halogenated alkanes) is 1. The van der Waals surface area contributed by atoms with Gasteiger partial charge in [-0.05, 0) is 75.2 Å². The van der Waals surface area contributed by atoms with E-state index in [9.17, 15) is 4.79 Å². The van der Waals surface area contributed by atoms with E-state index in [1.54, 1.807) is 0 Å². The number of H-pyrrole nitrogens is 1. The second kappa shape index (κ2) is 9.58. The van der Waals surface area contributed by atoms with Crippen molar-refractivity contribution >= 4 is 27.8 Å². The SMILES string of the molecule is CCCCc1nc2cc3c(cc2[nH]c1=O)nc(-c1ccc(N(C)C)cc1)n3CCN1CCCC1. The largest absolute Gasteiger partial charge is 0.378 e. The first kappa shape index (κ1) is 22.6. The summed E-state index contributed by atoms with van der Waals surface area (Å²) in [5.74, 6) is 0.961. The number of aromatic nitrogens is 4. The molecule has 1 aliphatic rings. The molecule has 34 heavy (non-hydrogen) atoms. The smallest absolute Gasteiger partial charge is 0.270 e. The summed E-state index contributed by atoms with van der Waals surface area (Å²) in [6.07, 6.45) is 5.28. The van der Waals surface area contributed by atoms with Gasteiger partial charge in [-0.25, -0.2) is 9.97 Å². The van der Waals surface area contributed by atoms with Crippen LogP contribution < -0.4 is 10.5 Å². The highest BCUT2D eigenvalue weighted by Crippen LogP contribution is 2.29. The first-order valence-corrected chi connectivity index (χ1v) is 12.5. The fraction of sp³-hybridized carbons (Fsp3) is 0.444. The van der Waals surface area contributed by atoms with Crippen LogP contribution >= 0.6 is 0 Å². The van der Waals surface area contributed by atoms with E-state index < -0.39 is 0 Å². The summed E-state index contributed by atoms with van der Waals surface area (Å²) in [7, 11) is 4.10. The summed E-state index contributed by atoms with van der Waals surface area (Å²) >= 11 is 0. The average Bonchev–Trinajstić information content (AvgIpc) is 3.47. The van der Waals surface area contributed by atoms with Gasteiger partial charge in [-0.2, -0.15) is 0 Å². The molecule has 0 unspecified atom stereocenters. The summed E-state index contributed by atoms with van der Waals surface area (Å²) in [6, 6.07) is 12.6. The lowest BCUT2D eigenvalue weighted by atomic mass is 10.2. The quantitative estimate of drug-likeness (QED) is 0.423. The van der Waals surface area contributed by atoms with Crippen LogP contribution in [0.25, 0.3) is 33.5 Å². The molecule has 5 rings (SSSR count). The highest BCUT2D eigenvalue weighted by atomic mass is 16.1. The topological polar surface area (TPSA) is 70.0 Å². The van der Waals surface area contributed by atoms with Crippen molar-refractivity contribution in [3.05, 3.63) is 52.4 Å². The predicted molar refractivity (Wildman–Crippen MR) is 140 cm³/mol. The summed E-state index contributed by atoms with van der Waals surface area (Å²) in [5, 5.41) is 0. The molecule has 0 saturated carbocycles. The lowest BCUT2D eigenvalue weighted by molar-refractivity contribution is 0.325. The molecule has 3 heterocycles. The molecule has 2 aromatic carbocycles. The van der Waals surface area contributed by atoms with E-state index in [1.165, 1.54) is 25.9 Å². The van der Waals surface area contributed by atoms with Crippen molar-refractivity contribution in [2.45, 2.75) is 45.6 Å². The molecule has 1 aliphatic heterocycles. The van der Waals surface area contributed by atoms with Crippen LogP contribution in [-0.2, 0) is 13.0 Å². The number of fused-ring (bicyclic) bond motifs is 2. The van der Waals surface area contributed by atoms with Crippen LogP contribution in [0.5, 0.6) is 0 Å². The molecule has 1 fully saturated rings.